The lowest BCUT2D eigenvalue weighted by molar-refractivity contribution is -0.674. The minimum atomic E-state index is -2.44. The number of fused-ring (bicyclic) bond motifs is 18. The Morgan fingerprint density at radius 3 is 1.16 bits per heavy atom. The van der Waals surface area contributed by atoms with Crippen molar-refractivity contribution in [1.29, 1.82) is 0 Å². The second-order valence-corrected chi connectivity index (χ2v) is 37.0. The molecule has 0 N–H and O–H groups in total. The van der Waals surface area contributed by atoms with Crippen LogP contribution in [0, 0.1) is 82.9 Å². The minimum absolute atomic E-state index is 0.241. The van der Waals surface area contributed by atoms with Crippen LogP contribution in [0.2, 0.25) is 0 Å². The molecule has 18 nitrogen and oxygen atoms in total. The molecule has 698 valence electrons. The van der Waals surface area contributed by atoms with E-state index in [1.54, 1.807) is 116 Å². The molecule has 0 fully saturated rings. The molecule has 2 aliphatic rings. The average Bonchev–Trinajstić information content (AvgIpc) is 1.55. The molecule has 1 aliphatic heterocycles. The third-order valence-electron chi connectivity index (χ3n) is 27.0. The van der Waals surface area contributed by atoms with E-state index in [1.807, 2.05) is 160 Å². The topological polar surface area (TPSA) is 176 Å². The maximum atomic E-state index is 8.45. The highest BCUT2D eigenvalue weighted by Crippen LogP contribution is 2.50. The Balaban J connectivity index is 0.000000117. The highest BCUT2D eigenvalue weighted by Gasteiger charge is 2.44. The lowest BCUT2D eigenvalue weighted by Crippen LogP contribution is -2.37. The van der Waals surface area contributed by atoms with E-state index < -0.39 is 52.2 Å². The van der Waals surface area contributed by atoms with Crippen LogP contribution in [0.3, 0.4) is 0 Å². The van der Waals surface area contributed by atoms with Crippen molar-refractivity contribution in [2.75, 3.05) is 0 Å². The van der Waals surface area contributed by atoms with Crippen molar-refractivity contribution >= 4 is 116 Å². The van der Waals surface area contributed by atoms with Crippen LogP contribution in [-0.2, 0) is 42.3 Å². The van der Waals surface area contributed by atoms with Gasteiger partial charge in [-0.1, -0.05) is 99.9 Å². The standard InChI is InChI=1S/C22H23N2O.C21H21N2O.2C20H19N2O.C20H21N2O.C19H17N2O/c1-13(2)16-8-10-24(5)18(12-16)20-15(4)11-14(3)19-17-7-6-9-23-22(17)25-21(19)20;1-13(2)15-9-11-23(4)18(12-15)19-14(3)7-8-16-17-6-5-10-22-21(17)24-20(16)19;2*1-12-7-8-15-16-6-5-9-21-20(16)23-19(15)18(12)17-10-13(2)14(3)11-22(17)4;1-12-7-8-16(22(4)11-12)18-14(3)10-13(2)17-15-6-5-9-21-20(15)23-19(17)18;1-12-6-9-16(21(3)11-12)17-13(2)7-8-14-15-5-4-10-20-19(15)22-18(14)17/h6-13H,1-5H3;5-13H,1-4H3;2*5-11H,1-4H3;5-11,17,19H,1-4H3;4-11H,1-3H3/q6*+1/i;1D3,13D;3D3;;1D3,2D3;1D3. The lowest BCUT2D eigenvalue weighted by Gasteiger charge is -2.27. The van der Waals surface area contributed by atoms with E-state index in [-0.39, 0.29) is 5.56 Å². The summed E-state index contributed by atoms with van der Waals surface area (Å²) in [6.07, 6.45) is 22.5. The highest BCUT2D eigenvalue weighted by molar-refractivity contribution is 6.13. The predicted molar refractivity (Wildman–Crippen MR) is 561 cm³/mol. The van der Waals surface area contributed by atoms with Crippen LogP contribution >= 0.6 is 0 Å². The van der Waals surface area contributed by atoms with Crippen LogP contribution in [0.5, 0.6) is 5.88 Å². The van der Waals surface area contributed by atoms with Crippen molar-refractivity contribution in [3.63, 3.8) is 0 Å². The summed E-state index contributed by atoms with van der Waals surface area (Å²) < 4.78 is 173. The summed E-state index contributed by atoms with van der Waals surface area (Å²) in [5.74, 6) is -1.26. The molecule has 18 heterocycles. The first-order valence-electron chi connectivity index (χ1n) is 54.6. The molecule has 22 aromatic rings. The Morgan fingerprint density at radius 1 is 0.321 bits per heavy atom. The second kappa shape index (κ2) is 37.9. The molecule has 18 heteroatoms. The molecule has 0 radical (unpaired) electrons. The molecular weight excluding hydrogens is 1730 g/mol. The van der Waals surface area contributed by atoms with Gasteiger partial charge in [-0.25, -0.2) is 57.3 Å². The molecule has 0 amide bonds. The van der Waals surface area contributed by atoms with Crippen LogP contribution < -0.4 is 32.1 Å². The highest BCUT2D eigenvalue weighted by atomic mass is 16.5. The number of aromatic nitrogens is 12. The molecule has 0 saturated carbocycles. The maximum Gasteiger partial charge on any atom is 0.227 e. The fourth-order valence-electron chi connectivity index (χ4n) is 19.6. The van der Waals surface area contributed by atoms with Crippen LogP contribution in [0.15, 0.2) is 302 Å². The molecule has 1 aliphatic carbocycles. The van der Waals surface area contributed by atoms with Gasteiger partial charge in [0.2, 0.25) is 68.6 Å². The zero-order valence-electron chi connectivity index (χ0n) is 98.0. The molecule has 0 bridgehead atoms. The van der Waals surface area contributed by atoms with Gasteiger partial charge in [-0.2, -0.15) is 0 Å². The number of ether oxygens (including phenoxy) is 1. The van der Waals surface area contributed by atoms with Gasteiger partial charge in [0.25, 0.3) is 0 Å². The van der Waals surface area contributed by atoms with Gasteiger partial charge in [-0.15, -0.1) is 0 Å². The molecule has 3 atom stereocenters. The normalized spacial score (nSPS) is 15.9. The Kier molecular flexibility index (Phi) is 20.4. The lowest BCUT2D eigenvalue weighted by atomic mass is 9.78. The summed E-state index contributed by atoms with van der Waals surface area (Å²) in [7, 11) is 11.6. The van der Waals surface area contributed by atoms with Crippen molar-refractivity contribution in [2.24, 2.45) is 42.3 Å². The fraction of sp³-hybridized carbons (Fsp3) is 0.230. The van der Waals surface area contributed by atoms with E-state index in [0.29, 0.717) is 68.2 Å². The quantitative estimate of drug-likeness (QED) is 0.132. The third kappa shape index (κ3) is 17.3. The minimum Gasteiger partial charge on any atom is -0.468 e. The van der Waals surface area contributed by atoms with Gasteiger partial charge in [0.15, 0.2) is 65.1 Å². The molecular formula is C122H120N12O6+6. The second-order valence-electron chi connectivity index (χ2n) is 37.0. The molecule has 5 aromatic carbocycles. The first-order valence-corrected chi connectivity index (χ1v) is 46.6. The van der Waals surface area contributed by atoms with E-state index in [0.717, 1.165) is 166 Å². The SMILES string of the molecule is Cc1cc(-c2c(C)ccc3c2oc2ncccc23)[n+](C)cc1C.Cc1cc(C)c2c(oc3ncccc32)c1-c1cc(C(C)C)cc[n+]1C.[2H]C([2H])([2H])C([2H])(C)c1cc[n+](C)c(-c2c(C)ccc3c2oc2ncccc23)c1.[2H]C([2H])([2H])C1=CC(C)=C(c2ccc(C([2H])([2H])[2H])c[n+]2C)C2Oc3ncccc3C12.[2H]C([2H])([2H])c1c[n+](C)c(-c2c(C)ccc3c2oc2ncccc23)cc1C.[2H]C([2H])([2H])c1ccc(-c2c(C)ccc3c2oc2ncccc23)[n+](C)c1. The fourth-order valence-corrected chi connectivity index (χ4v) is 19.6. The summed E-state index contributed by atoms with van der Waals surface area (Å²) in [4.78, 5) is 26.0. The number of hydrogen-bond acceptors (Lipinski definition) is 12. The molecule has 0 spiro atoms. The number of benzene rings is 5. The summed E-state index contributed by atoms with van der Waals surface area (Å²) >= 11 is 0. The van der Waals surface area contributed by atoms with E-state index in [2.05, 4.69) is 175 Å². The number of nitrogens with zero attached hydrogens (tertiary/aromatic N) is 12. The van der Waals surface area contributed by atoms with Crippen LogP contribution in [-0.4, -0.2) is 36.0 Å². The van der Waals surface area contributed by atoms with Gasteiger partial charge in [-0.05, 0) is 249 Å². The van der Waals surface area contributed by atoms with Gasteiger partial charge in [-0.3, -0.25) is 0 Å². The maximum absolute atomic E-state index is 8.45. The van der Waals surface area contributed by atoms with Gasteiger partial charge >= 0.3 is 0 Å². The Hall–Kier alpha value is -15.8. The van der Waals surface area contributed by atoms with Gasteiger partial charge in [0, 0.05) is 189 Å². The number of aryl methyl sites for hydroxylation is 18. The number of hydrogen-bond donors (Lipinski definition) is 0. The monoisotopic (exact) mass is 1870 g/mol. The van der Waals surface area contributed by atoms with E-state index in [1.165, 1.54) is 51.4 Å². The van der Waals surface area contributed by atoms with Gasteiger partial charge in [0.1, 0.15) is 48.4 Å². The number of furan rings is 5. The first-order chi connectivity index (χ1) is 73.7. The Morgan fingerprint density at radius 2 is 0.714 bits per heavy atom. The smallest absolute Gasteiger partial charge is 0.227 e. The number of allylic oxidation sites excluding steroid dienone is 2. The Labute approximate surface area is 839 Å². The van der Waals surface area contributed by atoms with Gasteiger partial charge in [0.05, 0.1) is 39.3 Å². The number of pyridine rings is 12. The Bertz CT molecular complexity index is 9490. The van der Waals surface area contributed by atoms with Crippen LogP contribution in [0.4, 0.5) is 0 Å². The molecule has 140 heavy (non-hydrogen) atoms. The van der Waals surface area contributed by atoms with Crippen molar-refractivity contribution in [1.82, 2.24) is 29.9 Å². The first kappa shape index (κ1) is 75.3. The molecule has 17 aromatic heterocycles. The molecule has 3 unspecified atom stereocenters. The van der Waals surface area contributed by atoms with Crippen molar-refractivity contribution < 1.29 is 76.2 Å². The summed E-state index contributed by atoms with van der Waals surface area (Å²) in [6.45, 7) is 15.2. The van der Waals surface area contributed by atoms with Crippen molar-refractivity contribution in [3.05, 3.63) is 369 Å². The van der Waals surface area contributed by atoms with Gasteiger partial charge < -0.3 is 26.8 Å². The van der Waals surface area contributed by atoms with Crippen LogP contribution in [0.25, 0.3) is 172 Å². The molecule has 24 rings (SSSR count). The van der Waals surface area contributed by atoms with Crippen molar-refractivity contribution in [3.8, 4) is 62.2 Å². The zero-order chi connectivity index (χ0) is 112. The zero-order valence-corrected chi connectivity index (χ0v) is 82.0. The summed E-state index contributed by atoms with van der Waals surface area (Å²) in [5.41, 5.74) is 33.5. The van der Waals surface area contributed by atoms with Crippen molar-refractivity contribution in [2.45, 2.75) is 148 Å². The number of rotatable bonds is 8. The summed E-state index contributed by atoms with van der Waals surface area (Å²) in [6, 6.07) is 61.0. The third-order valence-corrected chi connectivity index (χ3v) is 27.0. The van der Waals surface area contributed by atoms with E-state index in [4.69, 9.17) is 48.8 Å². The van der Waals surface area contributed by atoms with E-state index >= 15 is 0 Å². The van der Waals surface area contributed by atoms with Crippen LogP contribution in [0.1, 0.15) is 170 Å². The molecule has 0 saturated heterocycles. The largest absolute Gasteiger partial charge is 0.468 e. The van der Waals surface area contributed by atoms with E-state index in [9.17, 15) is 0 Å². The average molecular weight is 1870 g/mol. The summed E-state index contributed by atoms with van der Waals surface area (Å²) in [5, 5.41) is 10.3. The predicted octanol–water partition coefficient (Wildman–Crippen LogP) is 26.5.